The largest absolute Gasteiger partial charge is 0.357 e. The van der Waals surface area contributed by atoms with Gasteiger partial charge in [-0.3, -0.25) is 9.48 Å². The van der Waals surface area contributed by atoms with Crippen molar-refractivity contribution in [2.45, 2.75) is 20.4 Å². The molecule has 0 fully saturated rings. The van der Waals surface area contributed by atoms with Gasteiger partial charge in [-0.15, -0.1) is 0 Å². The zero-order valence-electron chi connectivity index (χ0n) is 13.3. The monoisotopic (exact) mass is 294 g/mol. The van der Waals surface area contributed by atoms with Crippen molar-refractivity contribution >= 4 is 11.9 Å². The number of rotatable bonds is 7. The van der Waals surface area contributed by atoms with Crippen molar-refractivity contribution in [2.24, 2.45) is 10.9 Å². The summed E-state index contributed by atoms with van der Waals surface area (Å²) in [5.74, 6) is 1.05. The molecule has 1 rings (SSSR count). The minimum absolute atomic E-state index is 0.0169. The van der Waals surface area contributed by atoms with Crippen molar-refractivity contribution < 1.29 is 4.79 Å². The van der Waals surface area contributed by atoms with Gasteiger partial charge in [0, 0.05) is 46.1 Å². The molecule has 21 heavy (non-hydrogen) atoms. The van der Waals surface area contributed by atoms with Crippen LogP contribution in [0.15, 0.2) is 23.5 Å². The topological polar surface area (TPSA) is 74.6 Å². The van der Waals surface area contributed by atoms with Gasteiger partial charge >= 0.3 is 0 Å². The lowest BCUT2D eigenvalue weighted by atomic mass is 10.2. The molecular formula is C14H26N6O. The molecule has 0 aliphatic rings. The van der Waals surface area contributed by atoms with Crippen molar-refractivity contribution in [3.8, 4) is 0 Å². The van der Waals surface area contributed by atoms with Crippen molar-refractivity contribution in [3.05, 3.63) is 18.5 Å². The Morgan fingerprint density at radius 1 is 1.43 bits per heavy atom. The van der Waals surface area contributed by atoms with E-state index in [1.807, 2.05) is 23.9 Å². The second-order valence-electron chi connectivity index (χ2n) is 5.20. The van der Waals surface area contributed by atoms with Crippen LogP contribution in [0.25, 0.3) is 0 Å². The van der Waals surface area contributed by atoms with Gasteiger partial charge in [0.25, 0.3) is 0 Å². The van der Waals surface area contributed by atoms with E-state index in [-0.39, 0.29) is 12.5 Å². The summed E-state index contributed by atoms with van der Waals surface area (Å²) in [7, 11) is 3.45. The van der Waals surface area contributed by atoms with Gasteiger partial charge in [0.15, 0.2) is 5.96 Å². The molecule has 2 N–H and O–H groups in total. The average Bonchev–Trinajstić information content (AvgIpc) is 2.94. The highest BCUT2D eigenvalue weighted by molar-refractivity contribution is 5.84. The summed E-state index contributed by atoms with van der Waals surface area (Å²) >= 11 is 0. The maximum Gasteiger partial charge on any atom is 0.243 e. The van der Waals surface area contributed by atoms with Crippen LogP contribution in [-0.4, -0.2) is 60.3 Å². The number of carbonyl (C=O) groups excluding carboxylic acids is 1. The molecular weight excluding hydrogens is 268 g/mol. The molecule has 1 heterocycles. The van der Waals surface area contributed by atoms with Crippen LogP contribution in [0.2, 0.25) is 0 Å². The van der Waals surface area contributed by atoms with E-state index in [0.717, 1.165) is 19.6 Å². The van der Waals surface area contributed by atoms with Crippen molar-refractivity contribution in [1.29, 1.82) is 0 Å². The van der Waals surface area contributed by atoms with E-state index in [1.54, 1.807) is 20.3 Å². The first-order chi connectivity index (χ1) is 10.0. The number of guanidine groups is 1. The molecule has 1 aromatic heterocycles. The second-order valence-corrected chi connectivity index (χ2v) is 5.20. The summed E-state index contributed by atoms with van der Waals surface area (Å²) in [6, 6.07) is 1.92. The minimum Gasteiger partial charge on any atom is -0.357 e. The Morgan fingerprint density at radius 3 is 2.76 bits per heavy atom. The molecule has 1 unspecified atom stereocenters. The molecule has 0 aromatic carbocycles. The van der Waals surface area contributed by atoms with Gasteiger partial charge in [-0.2, -0.15) is 5.10 Å². The van der Waals surface area contributed by atoms with Crippen LogP contribution in [0.3, 0.4) is 0 Å². The van der Waals surface area contributed by atoms with Gasteiger partial charge in [0.2, 0.25) is 5.91 Å². The van der Waals surface area contributed by atoms with Crippen LogP contribution in [-0.2, 0) is 11.3 Å². The number of nitrogens with one attached hydrogen (secondary N) is 2. The number of hydrogen-bond acceptors (Lipinski definition) is 3. The molecule has 118 valence electrons. The molecule has 0 spiro atoms. The number of aliphatic imine (C=N–C) groups is 1. The number of carbonyl (C=O) groups is 1. The number of hydrogen-bond donors (Lipinski definition) is 2. The molecule has 7 nitrogen and oxygen atoms in total. The smallest absolute Gasteiger partial charge is 0.243 e. The first-order valence-electron chi connectivity index (χ1n) is 7.22. The fourth-order valence-electron chi connectivity index (χ4n) is 1.69. The molecule has 0 bridgehead atoms. The van der Waals surface area contributed by atoms with Gasteiger partial charge < -0.3 is 15.5 Å². The van der Waals surface area contributed by atoms with Crippen LogP contribution < -0.4 is 10.6 Å². The Hall–Kier alpha value is -2.05. The van der Waals surface area contributed by atoms with Crippen LogP contribution in [0, 0.1) is 5.92 Å². The Bertz CT molecular complexity index is 440. The van der Waals surface area contributed by atoms with E-state index < -0.39 is 0 Å². The Morgan fingerprint density at radius 2 is 2.19 bits per heavy atom. The highest BCUT2D eigenvalue weighted by atomic mass is 16.2. The lowest BCUT2D eigenvalue weighted by Crippen LogP contribution is -2.40. The molecule has 7 heteroatoms. The molecule has 1 atom stereocenters. The lowest BCUT2D eigenvalue weighted by molar-refractivity contribution is -0.127. The summed E-state index contributed by atoms with van der Waals surface area (Å²) in [6.07, 6.45) is 3.73. The zero-order valence-corrected chi connectivity index (χ0v) is 13.3. The predicted octanol–water partition coefficient (Wildman–Crippen LogP) is 0.163. The van der Waals surface area contributed by atoms with Crippen LogP contribution in [0.5, 0.6) is 0 Å². The third-order valence-electron chi connectivity index (χ3n) is 2.89. The Kier molecular flexibility index (Phi) is 7.28. The van der Waals surface area contributed by atoms with Gasteiger partial charge in [-0.1, -0.05) is 6.92 Å². The quantitative estimate of drug-likeness (QED) is 0.555. The summed E-state index contributed by atoms with van der Waals surface area (Å²) < 4.78 is 1.91. The Balaban J connectivity index is 2.42. The van der Waals surface area contributed by atoms with E-state index in [1.165, 1.54) is 4.90 Å². The van der Waals surface area contributed by atoms with Crippen molar-refractivity contribution in [3.63, 3.8) is 0 Å². The number of aromatic nitrogens is 2. The zero-order chi connectivity index (χ0) is 15.7. The maximum absolute atomic E-state index is 11.6. The number of amides is 1. The lowest BCUT2D eigenvalue weighted by Gasteiger charge is -2.16. The van der Waals surface area contributed by atoms with E-state index in [2.05, 4.69) is 27.6 Å². The van der Waals surface area contributed by atoms with Crippen LogP contribution in [0.1, 0.15) is 13.8 Å². The van der Waals surface area contributed by atoms with Gasteiger partial charge in [0.1, 0.15) is 6.54 Å². The predicted molar refractivity (Wildman–Crippen MR) is 84.1 cm³/mol. The van der Waals surface area contributed by atoms with Gasteiger partial charge in [0.05, 0.1) is 0 Å². The second kappa shape index (κ2) is 8.99. The average molecular weight is 294 g/mol. The van der Waals surface area contributed by atoms with Crippen LogP contribution >= 0.6 is 0 Å². The van der Waals surface area contributed by atoms with Gasteiger partial charge in [-0.25, -0.2) is 4.99 Å². The molecule has 0 radical (unpaired) electrons. The Labute approximate surface area is 126 Å². The molecule has 1 amide bonds. The highest BCUT2D eigenvalue weighted by Gasteiger charge is 2.07. The van der Waals surface area contributed by atoms with Crippen LogP contribution in [0.4, 0.5) is 0 Å². The van der Waals surface area contributed by atoms with E-state index in [4.69, 9.17) is 0 Å². The molecule has 1 aromatic rings. The molecule has 0 aliphatic heterocycles. The third kappa shape index (κ3) is 6.78. The standard InChI is InChI=1S/C14H26N6O/c1-5-15-14(17-10-13(21)19(3)4)16-9-12(2)11-20-8-6-7-18-20/h6-8,12H,5,9-11H2,1-4H3,(H2,15,16,17). The normalized spacial score (nSPS) is 12.9. The highest BCUT2D eigenvalue weighted by Crippen LogP contribution is 1.97. The van der Waals surface area contributed by atoms with Crippen molar-refractivity contribution in [2.75, 3.05) is 33.7 Å². The third-order valence-corrected chi connectivity index (χ3v) is 2.89. The SMILES string of the molecule is CCNC(=NCC(=O)N(C)C)NCC(C)Cn1cccn1. The summed E-state index contributed by atoms with van der Waals surface area (Å²) in [5, 5.41) is 10.6. The summed E-state index contributed by atoms with van der Waals surface area (Å²) in [4.78, 5) is 17.4. The molecule has 0 saturated carbocycles. The first kappa shape index (κ1) is 17.0. The summed E-state index contributed by atoms with van der Waals surface area (Å²) in [5.41, 5.74) is 0. The van der Waals surface area contributed by atoms with Gasteiger partial charge in [-0.05, 0) is 18.9 Å². The fraction of sp³-hybridized carbons (Fsp3) is 0.643. The van der Waals surface area contributed by atoms with Crippen molar-refractivity contribution in [1.82, 2.24) is 25.3 Å². The number of likely N-dealkylation sites (N-methyl/N-ethyl adjacent to an activating group) is 1. The fourth-order valence-corrected chi connectivity index (χ4v) is 1.69. The van der Waals surface area contributed by atoms with E-state index >= 15 is 0 Å². The first-order valence-corrected chi connectivity index (χ1v) is 7.22. The van der Waals surface area contributed by atoms with E-state index in [0.29, 0.717) is 11.9 Å². The van der Waals surface area contributed by atoms with E-state index in [9.17, 15) is 4.79 Å². The molecule has 0 saturated heterocycles. The summed E-state index contributed by atoms with van der Waals surface area (Å²) in [6.45, 7) is 6.66. The maximum atomic E-state index is 11.6. The molecule has 0 aliphatic carbocycles. The number of nitrogens with zero attached hydrogens (tertiary/aromatic N) is 4. The minimum atomic E-state index is -0.0169.